The fourth-order valence-electron chi connectivity index (χ4n) is 5.27. The van der Waals surface area contributed by atoms with Gasteiger partial charge in [0.25, 0.3) is 0 Å². The van der Waals surface area contributed by atoms with Gasteiger partial charge in [-0.25, -0.2) is 4.79 Å². The molecule has 1 spiro atoms. The Morgan fingerprint density at radius 2 is 1.09 bits per heavy atom. The summed E-state index contributed by atoms with van der Waals surface area (Å²) in [7, 11) is 8.06. The largest absolute Gasteiger partial charge is 0.441 e. The van der Waals surface area contributed by atoms with Gasteiger partial charge in [-0.05, 0) is 61.4 Å². The van der Waals surface area contributed by atoms with Crippen LogP contribution in [-0.2, 0) is 10.3 Å². The second-order valence-electron chi connectivity index (χ2n) is 9.22. The Bertz CT molecular complexity index is 1260. The van der Waals surface area contributed by atoms with Crippen LogP contribution in [0.15, 0.2) is 54.6 Å². The summed E-state index contributed by atoms with van der Waals surface area (Å²) in [6.07, 6.45) is 0. The zero-order valence-electron chi connectivity index (χ0n) is 20.3. The maximum atomic E-state index is 13.2. The number of esters is 1. The average Bonchev–Trinajstić information content (AvgIpc) is 3.26. The van der Waals surface area contributed by atoms with Gasteiger partial charge in [0, 0.05) is 75.0 Å². The van der Waals surface area contributed by atoms with Crippen LogP contribution in [0.2, 0.25) is 0 Å². The molecular formula is C28H31N3O2. The summed E-state index contributed by atoms with van der Waals surface area (Å²) in [5, 5.41) is 0. The van der Waals surface area contributed by atoms with Crippen LogP contribution in [-0.4, -0.2) is 47.2 Å². The van der Waals surface area contributed by atoms with Crippen molar-refractivity contribution in [3.63, 3.8) is 0 Å². The molecule has 3 aromatic rings. The molecule has 1 unspecified atom stereocenters. The molecular weight excluding hydrogens is 410 g/mol. The van der Waals surface area contributed by atoms with Gasteiger partial charge in [-0.1, -0.05) is 18.2 Å². The fraction of sp³-hybridized carbons (Fsp3) is 0.321. The first-order valence-corrected chi connectivity index (χ1v) is 11.6. The van der Waals surface area contributed by atoms with Gasteiger partial charge >= 0.3 is 5.97 Å². The Balaban J connectivity index is 1.80. The molecule has 1 aliphatic carbocycles. The van der Waals surface area contributed by atoms with E-state index in [0.717, 1.165) is 52.3 Å². The first kappa shape index (κ1) is 21.4. The molecule has 1 aliphatic heterocycles. The van der Waals surface area contributed by atoms with Crippen LogP contribution in [0.25, 0.3) is 11.1 Å². The van der Waals surface area contributed by atoms with Crippen molar-refractivity contribution >= 4 is 23.0 Å². The number of nitrogens with zero attached hydrogens (tertiary/aromatic N) is 3. The summed E-state index contributed by atoms with van der Waals surface area (Å²) in [4.78, 5) is 19.7. The third-order valence-electron chi connectivity index (χ3n) is 7.06. The number of hydrogen-bond donors (Lipinski definition) is 0. The summed E-state index contributed by atoms with van der Waals surface area (Å²) in [6, 6.07) is 19.1. The van der Waals surface area contributed by atoms with Gasteiger partial charge in [-0.15, -0.1) is 0 Å². The van der Waals surface area contributed by atoms with Crippen molar-refractivity contribution in [2.75, 3.05) is 56.0 Å². The fourth-order valence-corrected chi connectivity index (χ4v) is 5.27. The van der Waals surface area contributed by atoms with E-state index in [-0.39, 0.29) is 5.97 Å². The van der Waals surface area contributed by atoms with E-state index >= 15 is 0 Å². The van der Waals surface area contributed by atoms with E-state index in [2.05, 4.69) is 72.2 Å². The van der Waals surface area contributed by atoms with Crippen molar-refractivity contribution in [2.45, 2.75) is 19.4 Å². The van der Waals surface area contributed by atoms with Crippen LogP contribution in [0.4, 0.5) is 17.1 Å². The van der Waals surface area contributed by atoms with E-state index in [1.54, 1.807) is 0 Å². The lowest BCUT2D eigenvalue weighted by molar-refractivity contribution is 0.0264. The van der Waals surface area contributed by atoms with Gasteiger partial charge in [-0.3, -0.25) is 0 Å². The molecule has 0 saturated carbocycles. The summed E-state index contributed by atoms with van der Waals surface area (Å²) in [5.74, 6) is -0.267. The highest BCUT2D eigenvalue weighted by molar-refractivity contribution is 6.00. The molecule has 33 heavy (non-hydrogen) atoms. The topological polar surface area (TPSA) is 36.0 Å². The summed E-state index contributed by atoms with van der Waals surface area (Å²) < 4.78 is 6.34. The summed E-state index contributed by atoms with van der Waals surface area (Å²) in [6.45, 7) is 6.23. The molecule has 0 bridgehead atoms. The lowest BCUT2D eigenvalue weighted by atomic mass is 9.83. The number of fused-ring (bicyclic) bond motifs is 7. The number of anilines is 3. The van der Waals surface area contributed by atoms with E-state index < -0.39 is 5.60 Å². The highest BCUT2D eigenvalue weighted by Crippen LogP contribution is 2.58. The second kappa shape index (κ2) is 7.55. The molecule has 5 nitrogen and oxygen atoms in total. The average molecular weight is 442 g/mol. The Kier molecular flexibility index (Phi) is 4.89. The molecule has 5 heteroatoms. The molecule has 0 saturated heterocycles. The molecule has 0 fully saturated rings. The number of rotatable bonds is 5. The van der Waals surface area contributed by atoms with Crippen molar-refractivity contribution in [1.29, 1.82) is 0 Å². The predicted octanol–water partition coefficient (Wildman–Crippen LogP) is 5.11. The van der Waals surface area contributed by atoms with Crippen LogP contribution >= 0.6 is 0 Å². The number of ether oxygens (including phenoxy) is 1. The van der Waals surface area contributed by atoms with E-state index in [0.29, 0.717) is 5.56 Å². The minimum absolute atomic E-state index is 0.267. The van der Waals surface area contributed by atoms with Crippen LogP contribution in [0.5, 0.6) is 0 Å². The van der Waals surface area contributed by atoms with E-state index in [1.807, 2.05) is 39.2 Å². The van der Waals surface area contributed by atoms with Crippen LogP contribution in [0.1, 0.15) is 40.9 Å². The van der Waals surface area contributed by atoms with E-state index in [1.165, 1.54) is 5.69 Å². The van der Waals surface area contributed by atoms with E-state index in [4.69, 9.17) is 4.74 Å². The monoisotopic (exact) mass is 441 g/mol. The minimum atomic E-state index is -0.908. The SMILES string of the molecule is CCN(CC)c1ccc2c(c1)-c1cc(N(C)C)ccc1C21OC(=O)c2cc(N(C)C)ccc21. The van der Waals surface area contributed by atoms with Gasteiger partial charge < -0.3 is 19.4 Å². The van der Waals surface area contributed by atoms with Crippen LogP contribution < -0.4 is 14.7 Å². The normalized spacial score (nSPS) is 17.5. The van der Waals surface area contributed by atoms with Crippen molar-refractivity contribution in [3.05, 3.63) is 76.9 Å². The highest BCUT2D eigenvalue weighted by Gasteiger charge is 2.54. The minimum Gasteiger partial charge on any atom is -0.441 e. The smallest absolute Gasteiger partial charge is 0.340 e. The Labute approximate surface area is 196 Å². The first-order valence-electron chi connectivity index (χ1n) is 11.6. The maximum absolute atomic E-state index is 13.2. The zero-order valence-corrected chi connectivity index (χ0v) is 20.3. The maximum Gasteiger partial charge on any atom is 0.340 e. The van der Waals surface area contributed by atoms with Gasteiger partial charge in [0.15, 0.2) is 5.60 Å². The van der Waals surface area contributed by atoms with Crippen molar-refractivity contribution in [2.24, 2.45) is 0 Å². The number of benzene rings is 3. The van der Waals surface area contributed by atoms with Crippen LogP contribution in [0, 0.1) is 0 Å². The number of carbonyl (C=O) groups is 1. The quantitative estimate of drug-likeness (QED) is 0.515. The predicted molar refractivity (Wildman–Crippen MR) is 136 cm³/mol. The van der Waals surface area contributed by atoms with Gasteiger partial charge in [0.05, 0.1) is 5.56 Å². The molecule has 1 heterocycles. The number of hydrogen-bond acceptors (Lipinski definition) is 5. The Morgan fingerprint density at radius 1 is 0.667 bits per heavy atom. The standard InChI is InChI=1S/C28H31N3O2/c1-7-31(8-2)20-11-14-25-22(17-20)21-15-18(29(3)4)9-12-24(21)28(25)26-13-10-19(30(5)6)16-23(26)27(32)33-28/h9-17H,7-8H2,1-6H3. The Hall–Kier alpha value is -3.47. The third kappa shape index (κ3) is 2.95. The van der Waals surface area contributed by atoms with Crippen molar-refractivity contribution in [3.8, 4) is 11.1 Å². The summed E-state index contributed by atoms with van der Waals surface area (Å²) in [5.41, 5.74) is 8.28. The van der Waals surface area contributed by atoms with E-state index in [9.17, 15) is 4.79 Å². The summed E-state index contributed by atoms with van der Waals surface area (Å²) >= 11 is 0. The lowest BCUT2D eigenvalue weighted by Crippen LogP contribution is -2.27. The molecule has 170 valence electrons. The molecule has 0 N–H and O–H groups in total. The van der Waals surface area contributed by atoms with Gasteiger partial charge in [0.1, 0.15) is 0 Å². The molecule has 1 atom stereocenters. The zero-order chi connectivity index (χ0) is 23.5. The van der Waals surface area contributed by atoms with Crippen molar-refractivity contribution in [1.82, 2.24) is 0 Å². The lowest BCUT2D eigenvalue weighted by Gasteiger charge is -2.28. The first-order chi connectivity index (χ1) is 15.8. The van der Waals surface area contributed by atoms with Crippen molar-refractivity contribution < 1.29 is 9.53 Å². The molecule has 0 amide bonds. The molecule has 5 rings (SSSR count). The number of carbonyl (C=O) groups excluding carboxylic acids is 1. The van der Waals surface area contributed by atoms with Gasteiger partial charge in [-0.2, -0.15) is 0 Å². The molecule has 3 aromatic carbocycles. The molecule has 0 radical (unpaired) electrons. The van der Waals surface area contributed by atoms with Crippen LogP contribution in [0.3, 0.4) is 0 Å². The molecule has 0 aromatic heterocycles. The highest BCUT2D eigenvalue weighted by atomic mass is 16.6. The molecule has 2 aliphatic rings. The van der Waals surface area contributed by atoms with Gasteiger partial charge in [0.2, 0.25) is 0 Å². The third-order valence-corrected chi connectivity index (χ3v) is 7.06. The Morgan fingerprint density at radius 3 is 1.58 bits per heavy atom. The second-order valence-corrected chi connectivity index (χ2v) is 9.22.